The maximum absolute atomic E-state index is 11.6. The number of thiocarbonyl (C=S) groups is 1. The molecular formula is C3HF4NS2. The molecule has 0 aromatic heterocycles. The van der Waals surface area contributed by atoms with E-state index in [0.29, 0.717) is 0 Å². The Balaban J connectivity index is 4.35. The molecule has 0 heterocycles. The number of hydrogen-bond donors (Lipinski definition) is 1. The van der Waals surface area contributed by atoms with Gasteiger partial charge in [0.15, 0.2) is 4.32 Å². The van der Waals surface area contributed by atoms with Gasteiger partial charge >= 0.3 is 6.18 Å². The third-order valence-electron chi connectivity index (χ3n) is 0.428. The van der Waals surface area contributed by atoms with Gasteiger partial charge in [0.1, 0.15) is 0 Å². The first-order chi connectivity index (χ1) is 4.34. The van der Waals surface area contributed by atoms with Crippen LogP contribution < -0.4 is 0 Å². The van der Waals surface area contributed by atoms with Crippen LogP contribution in [0.25, 0.3) is 0 Å². The summed E-state index contributed by atoms with van der Waals surface area (Å²) in [4.78, 5) is 2.27. The molecule has 0 spiro atoms. The lowest BCUT2D eigenvalue weighted by Crippen LogP contribution is -2.18. The summed E-state index contributed by atoms with van der Waals surface area (Å²) in [7, 11) is 0. The second kappa shape index (κ2) is 3.29. The highest BCUT2D eigenvalue weighted by atomic mass is 32.1. The van der Waals surface area contributed by atoms with Crippen LogP contribution >= 0.6 is 24.8 Å². The first kappa shape index (κ1) is 9.83. The molecule has 10 heavy (non-hydrogen) atoms. The van der Waals surface area contributed by atoms with Crippen LogP contribution in [0, 0.1) is 0 Å². The minimum absolute atomic E-state index is 0.685. The average molecular weight is 191 g/mol. The summed E-state index contributed by atoms with van der Waals surface area (Å²) in [5, 5.41) is 0. The number of alkyl halides is 3. The van der Waals surface area contributed by atoms with Gasteiger partial charge in [-0.1, -0.05) is 12.2 Å². The van der Waals surface area contributed by atoms with E-state index in [1.165, 1.54) is 0 Å². The summed E-state index contributed by atoms with van der Waals surface area (Å²) in [6.45, 7) is 0. The molecule has 7 heteroatoms. The molecule has 0 amide bonds. The topological polar surface area (TPSA) is 12.4 Å². The molecule has 0 atom stereocenters. The van der Waals surface area contributed by atoms with Gasteiger partial charge in [0.2, 0.25) is 0 Å². The van der Waals surface area contributed by atoms with E-state index in [1.54, 1.807) is 0 Å². The monoisotopic (exact) mass is 191 g/mol. The highest BCUT2D eigenvalue weighted by molar-refractivity contribution is 8.11. The number of halogens is 4. The molecule has 0 unspecified atom stereocenters. The second-order valence-corrected chi connectivity index (χ2v) is 2.30. The molecule has 0 aliphatic carbocycles. The summed E-state index contributed by atoms with van der Waals surface area (Å²) in [5.74, 6) is -2.48. The summed E-state index contributed by atoms with van der Waals surface area (Å²) in [6.07, 6.45) is -5.06. The number of thiol groups is 1. The first-order valence-electron chi connectivity index (χ1n) is 1.88. The Morgan fingerprint density at radius 2 is 1.80 bits per heavy atom. The van der Waals surface area contributed by atoms with Gasteiger partial charge in [0.05, 0.1) is 0 Å². The van der Waals surface area contributed by atoms with Crippen LogP contribution in [0.5, 0.6) is 0 Å². The molecular weight excluding hydrogens is 190 g/mol. The van der Waals surface area contributed by atoms with Crippen molar-refractivity contribution >= 4 is 35.1 Å². The Morgan fingerprint density at radius 3 is 1.90 bits per heavy atom. The normalized spacial score (nSPS) is 13.5. The molecule has 1 nitrogen and oxygen atoms in total. The fourth-order valence-electron chi connectivity index (χ4n) is 0.147. The van der Waals surface area contributed by atoms with Gasteiger partial charge in [-0.15, -0.1) is 12.6 Å². The van der Waals surface area contributed by atoms with Crippen LogP contribution in [0.15, 0.2) is 4.99 Å². The van der Waals surface area contributed by atoms with Crippen molar-refractivity contribution in [3.63, 3.8) is 0 Å². The van der Waals surface area contributed by atoms with Gasteiger partial charge in [-0.3, -0.25) is 0 Å². The van der Waals surface area contributed by atoms with Crippen LogP contribution in [0.2, 0.25) is 0 Å². The Bertz CT molecular complexity index is 172. The van der Waals surface area contributed by atoms with Gasteiger partial charge < -0.3 is 0 Å². The molecule has 0 N–H and O–H groups in total. The molecule has 0 bridgehead atoms. The molecule has 0 aromatic carbocycles. The molecule has 0 aromatic rings. The molecule has 58 valence electrons. The number of nitrogens with zero attached hydrogens (tertiary/aromatic N) is 1. The van der Waals surface area contributed by atoms with Gasteiger partial charge in [-0.25, -0.2) is 0 Å². The molecule has 0 radical (unpaired) electrons. The molecule has 0 saturated carbocycles. The van der Waals surface area contributed by atoms with Gasteiger partial charge in [-0.05, 0) is 0 Å². The Morgan fingerprint density at radius 1 is 1.40 bits per heavy atom. The lowest BCUT2D eigenvalue weighted by Gasteiger charge is -1.98. The van der Waals surface area contributed by atoms with Crippen molar-refractivity contribution in [1.29, 1.82) is 0 Å². The quantitative estimate of drug-likeness (QED) is 0.268. The van der Waals surface area contributed by atoms with Gasteiger partial charge in [-0.2, -0.15) is 22.6 Å². The van der Waals surface area contributed by atoms with Crippen molar-refractivity contribution in [3.05, 3.63) is 0 Å². The zero-order valence-electron chi connectivity index (χ0n) is 4.31. The largest absolute Gasteiger partial charge is 0.461 e. The Labute approximate surface area is 64.5 Å². The van der Waals surface area contributed by atoms with E-state index in [-0.39, 0.29) is 0 Å². The highest BCUT2D eigenvalue weighted by Crippen LogP contribution is 2.18. The highest BCUT2D eigenvalue weighted by Gasteiger charge is 2.36. The Kier molecular flexibility index (Phi) is 3.23. The number of hydrogen-bond acceptors (Lipinski definition) is 1. The molecule has 0 saturated heterocycles. The van der Waals surface area contributed by atoms with Crippen LogP contribution in [0.4, 0.5) is 17.6 Å². The molecule has 0 fully saturated rings. The van der Waals surface area contributed by atoms with Crippen molar-refractivity contribution < 1.29 is 17.6 Å². The lowest BCUT2D eigenvalue weighted by molar-refractivity contribution is -0.0670. The van der Waals surface area contributed by atoms with Gasteiger partial charge in [0, 0.05) is 0 Å². The van der Waals surface area contributed by atoms with E-state index in [1.807, 2.05) is 0 Å². The fraction of sp³-hybridized carbons (Fsp3) is 0.333. The minimum Gasteiger partial charge on any atom is -0.197 e. The number of rotatable bonds is 0. The van der Waals surface area contributed by atoms with E-state index in [4.69, 9.17) is 0 Å². The van der Waals surface area contributed by atoms with Crippen molar-refractivity contribution in [3.8, 4) is 0 Å². The predicted molar refractivity (Wildman–Crippen MR) is 36.2 cm³/mol. The maximum atomic E-state index is 11.6. The summed E-state index contributed by atoms with van der Waals surface area (Å²) >= 11 is 7.15. The van der Waals surface area contributed by atoms with Crippen molar-refractivity contribution in [2.45, 2.75) is 6.18 Å². The first-order valence-corrected chi connectivity index (χ1v) is 2.74. The average Bonchev–Trinajstić information content (AvgIpc) is 1.60. The molecule has 0 rings (SSSR count). The summed E-state index contributed by atoms with van der Waals surface area (Å²) < 4.78 is 44.6. The van der Waals surface area contributed by atoms with E-state index >= 15 is 0 Å². The smallest absolute Gasteiger partial charge is 0.197 e. The van der Waals surface area contributed by atoms with Crippen molar-refractivity contribution in [2.75, 3.05) is 0 Å². The lowest BCUT2D eigenvalue weighted by atomic mass is 10.7. The zero-order chi connectivity index (χ0) is 8.36. The summed E-state index contributed by atoms with van der Waals surface area (Å²) in [6, 6.07) is 0. The molecule has 0 aliphatic rings. The van der Waals surface area contributed by atoms with Gasteiger partial charge in [0.25, 0.3) is 5.97 Å². The minimum atomic E-state index is -5.06. The standard InChI is InChI=1S/C3HF4NS2/c4-1(3(5,6)7)8-2(9)10/h(H,9,10). The van der Waals surface area contributed by atoms with Crippen LogP contribution in [0.1, 0.15) is 0 Å². The maximum Gasteiger partial charge on any atom is 0.461 e. The third kappa shape index (κ3) is 3.78. The van der Waals surface area contributed by atoms with Crippen molar-refractivity contribution in [2.24, 2.45) is 4.99 Å². The fourth-order valence-corrected chi connectivity index (χ4v) is 0.315. The van der Waals surface area contributed by atoms with E-state index < -0.39 is 16.5 Å². The van der Waals surface area contributed by atoms with Crippen LogP contribution in [-0.4, -0.2) is 16.5 Å². The summed E-state index contributed by atoms with van der Waals surface area (Å²) in [5.41, 5.74) is 0. The van der Waals surface area contributed by atoms with Crippen LogP contribution in [0.3, 0.4) is 0 Å². The van der Waals surface area contributed by atoms with E-state index in [0.717, 1.165) is 0 Å². The zero-order valence-corrected chi connectivity index (χ0v) is 6.03. The molecule has 0 aliphatic heterocycles. The van der Waals surface area contributed by atoms with E-state index in [9.17, 15) is 17.6 Å². The second-order valence-electron chi connectivity index (χ2n) is 1.18. The number of aliphatic imine (C=N–C) groups is 1. The SMILES string of the molecule is FC(=NC(=S)S)C(F)(F)F. The van der Waals surface area contributed by atoms with Crippen LogP contribution in [-0.2, 0) is 0 Å². The van der Waals surface area contributed by atoms with E-state index in [2.05, 4.69) is 29.8 Å². The predicted octanol–water partition coefficient (Wildman–Crippen LogP) is 2.13. The van der Waals surface area contributed by atoms with Crippen molar-refractivity contribution in [1.82, 2.24) is 0 Å². The Hall–Kier alpha value is -0.170. The third-order valence-corrected chi connectivity index (χ3v) is 0.619.